The van der Waals surface area contributed by atoms with Crippen molar-refractivity contribution >= 4 is 54.5 Å². The van der Waals surface area contributed by atoms with Crippen LogP contribution >= 0.6 is 27.3 Å². The largest absolute Gasteiger partial charge is 0.486 e. The number of carbonyl (C=O) groups is 1. The fourth-order valence-corrected chi connectivity index (χ4v) is 6.45. The molecule has 1 aliphatic carbocycles. The molecule has 0 unspecified atom stereocenters. The van der Waals surface area contributed by atoms with Crippen LogP contribution in [0.4, 0.5) is 0 Å². The fourth-order valence-electron chi connectivity index (χ4n) is 5.30. The van der Waals surface area contributed by atoms with E-state index in [0.717, 1.165) is 67.1 Å². The number of benzene rings is 3. The summed E-state index contributed by atoms with van der Waals surface area (Å²) in [7, 11) is 0. The van der Waals surface area contributed by atoms with Crippen molar-refractivity contribution in [1.29, 1.82) is 0 Å². The molecule has 0 amide bonds. The molecule has 3 aromatic carbocycles. The Hall–Kier alpha value is -3.23. The van der Waals surface area contributed by atoms with Crippen molar-refractivity contribution < 1.29 is 14.6 Å². The molecule has 1 N–H and O–H groups in total. The number of fused-ring (bicyclic) bond motifs is 2. The number of rotatable bonds is 7. The fraction of sp³-hybridized carbons (Fsp3) is 0.276. The molecule has 2 heterocycles. The third kappa shape index (κ3) is 5.00. The van der Waals surface area contributed by atoms with E-state index in [4.69, 9.17) is 9.72 Å². The zero-order valence-electron chi connectivity index (χ0n) is 20.1. The SMILES string of the molecule is O=C(O)[C@@H]1CCCC[C@H]1c1nc2cc(OCc3nc4ccccc4s3)ccc2n1Cc1ccc(Br)cc1. The van der Waals surface area contributed by atoms with Crippen molar-refractivity contribution in [3.8, 4) is 5.75 Å². The molecule has 6 rings (SSSR count). The number of hydrogen-bond donors (Lipinski definition) is 1. The van der Waals surface area contributed by atoms with E-state index in [1.54, 1.807) is 11.3 Å². The standard InChI is InChI=1S/C29H26BrN3O3S/c30-19-11-9-18(10-12-19)16-33-25-14-13-20(36-17-27-31-23-7-3-4-8-26(23)37-27)15-24(25)32-28(33)21-5-1-2-6-22(21)29(34)35/h3-4,7-15,21-22H,1-2,5-6,16-17H2,(H,34,35)/t21-,22-/m1/s1. The van der Waals surface area contributed by atoms with Crippen LogP contribution in [0.5, 0.6) is 5.75 Å². The van der Waals surface area contributed by atoms with Crippen LogP contribution in [0.25, 0.3) is 21.3 Å². The Labute approximate surface area is 227 Å². The number of carboxylic acids is 1. The molecule has 8 heteroatoms. The van der Waals surface area contributed by atoms with E-state index in [0.29, 0.717) is 19.6 Å². The minimum absolute atomic E-state index is 0.110. The number of thiazole rings is 1. The minimum atomic E-state index is -0.730. The third-order valence-corrected chi connectivity index (χ3v) is 8.66. The molecule has 2 atom stereocenters. The molecule has 0 radical (unpaired) electrons. The van der Waals surface area contributed by atoms with Gasteiger partial charge in [0.15, 0.2) is 0 Å². The highest BCUT2D eigenvalue weighted by molar-refractivity contribution is 9.10. The maximum Gasteiger partial charge on any atom is 0.307 e. The Kier molecular flexibility index (Phi) is 6.69. The number of aliphatic carboxylic acids is 1. The molecule has 1 saturated carbocycles. The smallest absolute Gasteiger partial charge is 0.307 e. The molecule has 188 valence electrons. The molecule has 1 fully saturated rings. The van der Waals surface area contributed by atoms with Crippen LogP contribution in [-0.2, 0) is 17.9 Å². The topological polar surface area (TPSA) is 77.2 Å². The summed E-state index contributed by atoms with van der Waals surface area (Å²) in [4.78, 5) is 21.8. The Morgan fingerprint density at radius 1 is 1.03 bits per heavy atom. The normalized spacial score (nSPS) is 17.9. The second-order valence-corrected chi connectivity index (χ2v) is 11.6. The first-order valence-electron chi connectivity index (χ1n) is 12.5. The third-order valence-electron chi connectivity index (χ3n) is 7.12. The molecule has 37 heavy (non-hydrogen) atoms. The van der Waals surface area contributed by atoms with Crippen molar-refractivity contribution in [2.75, 3.05) is 0 Å². The second-order valence-electron chi connectivity index (χ2n) is 9.53. The summed E-state index contributed by atoms with van der Waals surface area (Å²) in [5.74, 6) is 0.329. The quantitative estimate of drug-likeness (QED) is 0.219. The first kappa shape index (κ1) is 24.1. The molecule has 2 aromatic heterocycles. The number of para-hydroxylation sites is 1. The van der Waals surface area contributed by atoms with Gasteiger partial charge in [-0.05, 0) is 54.8 Å². The van der Waals surface area contributed by atoms with Gasteiger partial charge in [-0.25, -0.2) is 9.97 Å². The van der Waals surface area contributed by atoms with Crippen LogP contribution in [0.3, 0.4) is 0 Å². The number of aromatic nitrogens is 3. The van der Waals surface area contributed by atoms with E-state index < -0.39 is 11.9 Å². The van der Waals surface area contributed by atoms with Gasteiger partial charge in [-0.15, -0.1) is 11.3 Å². The van der Waals surface area contributed by atoms with Crippen molar-refractivity contribution in [3.05, 3.63) is 87.6 Å². The van der Waals surface area contributed by atoms with E-state index in [2.05, 4.69) is 43.7 Å². The summed E-state index contributed by atoms with van der Waals surface area (Å²) in [5.41, 5.74) is 3.93. The van der Waals surface area contributed by atoms with Gasteiger partial charge in [-0.2, -0.15) is 0 Å². The lowest BCUT2D eigenvalue weighted by atomic mass is 9.78. The van der Waals surface area contributed by atoms with Gasteiger partial charge in [-0.3, -0.25) is 4.79 Å². The Morgan fingerprint density at radius 3 is 2.65 bits per heavy atom. The molecule has 0 aliphatic heterocycles. The van der Waals surface area contributed by atoms with Gasteiger partial charge < -0.3 is 14.4 Å². The number of halogens is 1. The zero-order valence-corrected chi connectivity index (χ0v) is 22.5. The lowest BCUT2D eigenvalue weighted by Crippen LogP contribution is -2.27. The Bertz CT molecular complexity index is 1540. The van der Waals surface area contributed by atoms with E-state index in [9.17, 15) is 9.90 Å². The zero-order chi connectivity index (χ0) is 25.4. The van der Waals surface area contributed by atoms with Gasteiger partial charge in [0, 0.05) is 23.0 Å². The van der Waals surface area contributed by atoms with Gasteiger partial charge in [-0.1, -0.05) is 53.0 Å². The van der Waals surface area contributed by atoms with Crippen molar-refractivity contribution in [2.45, 2.75) is 44.8 Å². The number of hydrogen-bond acceptors (Lipinski definition) is 5. The van der Waals surface area contributed by atoms with Crippen LogP contribution in [0.2, 0.25) is 0 Å². The summed E-state index contributed by atoms with van der Waals surface area (Å²) in [6, 6.07) is 22.3. The highest BCUT2D eigenvalue weighted by Gasteiger charge is 2.35. The monoisotopic (exact) mass is 575 g/mol. The first-order valence-corrected chi connectivity index (χ1v) is 14.1. The highest BCUT2D eigenvalue weighted by Crippen LogP contribution is 2.39. The van der Waals surface area contributed by atoms with Crippen molar-refractivity contribution in [3.63, 3.8) is 0 Å². The predicted molar refractivity (Wildman–Crippen MR) is 149 cm³/mol. The van der Waals surface area contributed by atoms with Crippen LogP contribution in [0.1, 0.15) is 48.0 Å². The summed E-state index contributed by atoms with van der Waals surface area (Å²) in [6.07, 6.45) is 3.50. The maximum absolute atomic E-state index is 12.1. The summed E-state index contributed by atoms with van der Waals surface area (Å²) in [6.45, 7) is 1.02. The molecule has 5 aromatic rings. The van der Waals surface area contributed by atoms with Crippen LogP contribution in [0.15, 0.2) is 71.2 Å². The molecule has 0 spiro atoms. The van der Waals surface area contributed by atoms with E-state index in [-0.39, 0.29) is 5.92 Å². The minimum Gasteiger partial charge on any atom is -0.486 e. The first-order chi connectivity index (χ1) is 18.0. The molecule has 0 bridgehead atoms. The second kappa shape index (κ2) is 10.3. The van der Waals surface area contributed by atoms with E-state index in [1.807, 2.05) is 48.5 Å². The number of nitrogens with zero attached hydrogens (tertiary/aromatic N) is 3. The van der Waals surface area contributed by atoms with Crippen molar-refractivity contribution in [1.82, 2.24) is 14.5 Å². The van der Waals surface area contributed by atoms with Crippen LogP contribution < -0.4 is 4.74 Å². The molecule has 6 nitrogen and oxygen atoms in total. The lowest BCUT2D eigenvalue weighted by molar-refractivity contribution is -0.143. The van der Waals surface area contributed by atoms with Crippen LogP contribution in [-0.4, -0.2) is 25.6 Å². The van der Waals surface area contributed by atoms with Gasteiger partial charge in [0.1, 0.15) is 23.2 Å². The van der Waals surface area contributed by atoms with E-state index >= 15 is 0 Å². The number of ether oxygens (including phenoxy) is 1. The van der Waals surface area contributed by atoms with Gasteiger partial charge in [0.2, 0.25) is 0 Å². The van der Waals surface area contributed by atoms with Crippen LogP contribution in [0, 0.1) is 5.92 Å². The Morgan fingerprint density at radius 2 is 1.84 bits per heavy atom. The van der Waals surface area contributed by atoms with Gasteiger partial charge >= 0.3 is 5.97 Å². The van der Waals surface area contributed by atoms with Gasteiger partial charge in [0.25, 0.3) is 0 Å². The number of imidazole rings is 1. The molecular weight excluding hydrogens is 550 g/mol. The van der Waals surface area contributed by atoms with Gasteiger partial charge in [0.05, 0.1) is 27.2 Å². The maximum atomic E-state index is 12.1. The molecular formula is C29H26BrN3O3S. The number of carboxylic acid groups (broad SMARTS) is 1. The summed E-state index contributed by atoms with van der Waals surface area (Å²) in [5, 5.41) is 10.9. The molecule has 1 aliphatic rings. The highest BCUT2D eigenvalue weighted by atomic mass is 79.9. The lowest BCUT2D eigenvalue weighted by Gasteiger charge is -2.28. The Balaban J connectivity index is 1.34. The summed E-state index contributed by atoms with van der Waals surface area (Å²) >= 11 is 5.15. The summed E-state index contributed by atoms with van der Waals surface area (Å²) < 4.78 is 10.5. The molecule has 0 saturated heterocycles. The van der Waals surface area contributed by atoms with Crippen molar-refractivity contribution in [2.24, 2.45) is 5.92 Å². The van der Waals surface area contributed by atoms with E-state index in [1.165, 1.54) is 0 Å². The average molecular weight is 577 g/mol. The average Bonchev–Trinajstić information content (AvgIpc) is 3.49. The predicted octanol–water partition coefficient (Wildman–Crippen LogP) is 7.39.